The Kier molecular flexibility index (Phi) is 5.74. The Balaban J connectivity index is 2.09. The Hall–Kier alpha value is -2.17. The maximum absolute atomic E-state index is 13.9. The number of hydrogen-bond acceptors (Lipinski definition) is 4. The predicted molar refractivity (Wildman–Crippen MR) is 106 cm³/mol. The fraction of sp³-hybridized carbons (Fsp3) is 0.409. The number of likely N-dealkylation sites (N-methyl/N-ethyl adjacent to an activating group) is 1. The van der Waals surface area contributed by atoms with Gasteiger partial charge in [0.15, 0.2) is 5.78 Å². The second-order valence-corrected chi connectivity index (χ2v) is 6.92. The first-order chi connectivity index (χ1) is 12.6. The first-order valence-corrected chi connectivity index (χ1v) is 9.30. The highest BCUT2D eigenvalue weighted by atomic mass is 16.5. The first-order valence-electron chi connectivity index (χ1n) is 9.30. The lowest BCUT2D eigenvalue weighted by atomic mass is 9.79. The number of carbonyl (C=O) groups is 1. The van der Waals surface area contributed by atoms with Gasteiger partial charge in [0.1, 0.15) is 5.54 Å². The number of anilines is 1. The van der Waals surface area contributed by atoms with E-state index >= 15 is 0 Å². The first kappa shape index (κ1) is 18.6. The van der Waals surface area contributed by atoms with Crippen LogP contribution >= 0.6 is 0 Å². The van der Waals surface area contributed by atoms with Crippen molar-refractivity contribution in [1.82, 2.24) is 4.90 Å². The number of nitrogens with zero attached hydrogens (tertiary/aromatic N) is 2. The third-order valence-electron chi connectivity index (χ3n) is 5.40. The van der Waals surface area contributed by atoms with Crippen molar-refractivity contribution < 1.29 is 9.53 Å². The van der Waals surface area contributed by atoms with Gasteiger partial charge in [0.2, 0.25) is 0 Å². The van der Waals surface area contributed by atoms with E-state index in [1.54, 1.807) is 0 Å². The molecule has 1 fully saturated rings. The lowest BCUT2D eigenvalue weighted by molar-refractivity contribution is 0.0660. The second-order valence-electron chi connectivity index (χ2n) is 6.92. The summed E-state index contributed by atoms with van der Waals surface area (Å²) in [5.74, 6) is 0.151. The molecule has 1 atom stereocenters. The van der Waals surface area contributed by atoms with Crippen molar-refractivity contribution in [2.24, 2.45) is 0 Å². The molecule has 0 spiro atoms. The van der Waals surface area contributed by atoms with Crippen LogP contribution in [0.4, 0.5) is 5.69 Å². The smallest absolute Gasteiger partial charge is 0.189 e. The Labute approximate surface area is 156 Å². The molecule has 4 nitrogen and oxygen atoms in total. The summed E-state index contributed by atoms with van der Waals surface area (Å²) in [6.45, 7) is 5.12. The van der Waals surface area contributed by atoms with Gasteiger partial charge in [0, 0.05) is 24.3 Å². The monoisotopic (exact) mass is 352 g/mol. The third-order valence-corrected chi connectivity index (χ3v) is 5.40. The number of ketones is 1. The molecule has 138 valence electrons. The molecule has 0 radical (unpaired) electrons. The summed E-state index contributed by atoms with van der Waals surface area (Å²) < 4.78 is 5.48. The van der Waals surface area contributed by atoms with Crippen molar-refractivity contribution in [3.8, 4) is 0 Å². The summed E-state index contributed by atoms with van der Waals surface area (Å²) >= 11 is 0. The maximum atomic E-state index is 13.9. The average molecular weight is 352 g/mol. The highest BCUT2D eigenvalue weighted by molar-refractivity contribution is 6.07. The minimum atomic E-state index is -0.677. The normalized spacial score (nSPS) is 17.2. The van der Waals surface area contributed by atoms with Crippen LogP contribution in [0.2, 0.25) is 0 Å². The van der Waals surface area contributed by atoms with Crippen molar-refractivity contribution in [3.05, 3.63) is 65.7 Å². The molecule has 1 unspecified atom stereocenters. The van der Waals surface area contributed by atoms with E-state index < -0.39 is 5.54 Å². The van der Waals surface area contributed by atoms with E-state index in [9.17, 15) is 4.79 Å². The number of rotatable bonds is 6. The summed E-state index contributed by atoms with van der Waals surface area (Å²) in [7, 11) is 3.98. The van der Waals surface area contributed by atoms with E-state index in [1.165, 1.54) is 0 Å². The Bertz CT molecular complexity index is 739. The molecule has 0 saturated carbocycles. The highest BCUT2D eigenvalue weighted by Gasteiger charge is 2.42. The Morgan fingerprint density at radius 3 is 2.27 bits per heavy atom. The molecule has 2 aromatic rings. The minimum Gasteiger partial charge on any atom is -0.378 e. The van der Waals surface area contributed by atoms with Crippen LogP contribution in [-0.4, -0.2) is 51.1 Å². The van der Waals surface area contributed by atoms with E-state index in [1.807, 2.05) is 50.5 Å². The SMILES string of the molecule is CCC(C(=O)c1ccccc1N1CCOCC1)(c1ccccc1)N(C)C. The van der Waals surface area contributed by atoms with Crippen molar-refractivity contribution in [3.63, 3.8) is 0 Å². The molecule has 2 aromatic carbocycles. The number of para-hydroxylation sites is 1. The highest BCUT2D eigenvalue weighted by Crippen LogP contribution is 2.36. The summed E-state index contributed by atoms with van der Waals surface area (Å²) in [5, 5.41) is 0. The third kappa shape index (κ3) is 3.27. The van der Waals surface area contributed by atoms with Gasteiger partial charge in [-0.25, -0.2) is 0 Å². The van der Waals surface area contributed by atoms with E-state index in [0.717, 1.165) is 29.9 Å². The van der Waals surface area contributed by atoms with Crippen LogP contribution in [0, 0.1) is 0 Å². The van der Waals surface area contributed by atoms with Crippen LogP contribution < -0.4 is 4.90 Å². The number of morpholine rings is 1. The van der Waals surface area contributed by atoms with Crippen molar-refractivity contribution in [2.75, 3.05) is 45.3 Å². The van der Waals surface area contributed by atoms with Gasteiger partial charge in [-0.1, -0.05) is 49.4 Å². The topological polar surface area (TPSA) is 32.8 Å². The van der Waals surface area contributed by atoms with E-state index in [2.05, 4.69) is 34.9 Å². The standard InChI is InChI=1S/C22H28N2O2/c1-4-22(23(2)3,18-10-6-5-7-11-18)21(25)19-12-8-9-13-20(19)24-14-16-26-17-15-24/h5-13H,4,14-17H2,1-3H3. The number of carbonyl (C=O) groups excluding carboxylic acids is 1. The fourth-order valence-corrected chi connectivity index (χ4v) is 3.96. The van der Waals surface area contributed by atoms with Crippen LogP contribution in [0.3, 0.4) is 0 Å². The molecule has 3 rings (SSSR count). The lowest BCUT2D eigenvalue weighted by Gasteiger charge is -2.39. The molecule has 0 aliphatic carbocycles. The molecule has 4 heteroatoms. The van der Waals surface area contributed by atoms with Crippen LogP contribution in [0.5, 0.6) is 0 Å². The molecule has 0 N–H and O–H groups in total. The van der Waals surface area contributed by atoms with Crippen molar-refractivity contribution in [1.29, 1.82) is 0 Å². The molecular formula is C22H28N2O2. The molecule has 0 aromatic heterocycles. The number of benzene rings is 2. The van der Waals surface area contributed by atoms with Gasteiger partial charge in [0.25, 0.3) is 0 Å². The zero-order valence-electron chi connectivity index (χ0n) is 15.9. The molecule has 1 heterocycles. The van der Waals surface area contributed by atoms with Gasteiger partial charge in [0.05, 0.1) is 13.2 Å². The minimum absolute atomic E-state index is 0.151. The van der Waals surface area contributed by atoms with Gasteiger partial charge in [-0.3, -0.25) is 9.69 Å². The molecule has 26 heavy (non-hydrogen) atoms. The average Bonchev–Trinajstić information content (AvgIpc) is 2.70. The molecule has 1 aliphatic rings. The van der Waals surface area contributed by atoms with Gasteiger partial charge >= 0.3 is 0 Å². The predicted octanol–water partition coefficient (Wildman–Crippen LogP) is 3.57. The number of Topliss-reactive ketones (excluding diaryl/α,β-unsaturated/α-hetero) is 1. The van der Waals surface area contributed by atoms with Gasteiger partial charge < -0.3 is 9.64 Å². The summed E-state index contributed by atoms with van der Waals surface area (Å²) in [6, 6.07) is 18.1. The molecular weight excluding hydrogens is 324 g/mol. The van der Waals surface area contributed by atoms with Crippen molar-refractivity contribution >= 4 is 11.5 Å². The lowest BCUT2D eigenvalue weighted by Crippen LogP contribution is -2.48. The second kappa shape index (κ2) is 8.02. The molecule has 1 saturated heterocycles. The molecule has 0 amide bonds. The molecule has 1 aliphatic heterocycles. The van der Waals surface area contributed by atoms with Gasteiger partial charge in [-0.2, -0.15) is 0 Å². The van der Waals surface area contributed by atoms with E-state index in [0.29, 0.717) is 19.6 Å². The van der Waals surface area contributed by atoms with Crippen LogP contribution in [0.25, 0.3) is 0 Å². The van der Waals surface area contributed by atoms with Gasteiger partial charge in [-0.15, -0.1) is 0 Å². The zero-order chi connectivity index (χ0) is 18.6. The summed E-state index contributed by atoms with van der Waals surface area (Å²) in [5.41, 5.74) is 2.16. The zero-order valence-corrected chi connectivity index (χ0v) is 15.9. The Morgan fingerprint density at radius 1 is 1.04 bits per heavy atom. The molecule has 0 bridgehead atoms. The van der Waals surface area contributed by atoms with Crippen LogP contribution in [0.1, 0.15) is 29.3 Å². The van der Waals surface area contributed by atoms with E-state index in [4.69, 9.17) is 4.74 Å². The number of ether oxygens (including phenoxy) is 1. The summed E-state index contributed by atoms with van der Waals surface area (Å²) in [4.78, 5) is 18.2. The van der Waals surface area contributed by atoms with Crippen molar-refractivity contribution in [2.45, 2.75) is 18.9 Å². The van der Waals surface area contributed by atoms with Crippen LogP contribution in [-0.2, 0) is 10.3 Å². The van der Waals surface area contributed by atoms with E-state index in [-0.39, 0.29) is 5.78 Å². The van der Waals surface area contributed by atoms with Crippen LogP contribution in [0.15, 0.2) is 54.6 Å². The maximum Gasteiger partial charge on any atom is 0.189 e. The Morgan fingerprint density at radius 2 is 1.65 bits per heavy atom. The quantitative estimate of drug-likeness (QED) is 0.744. The largest absolute Gasteiger partial charge is 0.378 e. The fourth-order valence-electron chi connectivity index (χ4n) is 3.96. The summed E-state index contributed by atoms with van der Waals surface area (Å²) in [6.07, 6.45) is 0.709. The number of hydrogen-bond donors (Lipinski definition) is 0. The van der Waals surface area contributed by atoms with Gasteiger partial charge in [-0.05, 0) is 38.2 Å².